The average Bonchev–Trinajstić information content (AvgIpc) is 2.29. The molecule has 0 aliphatic carbocycles. The molecule has 2 unspecified atom stereocenters. The summed E-state index contributed by atoms with van der Waals surface area (Å²) in [6, 6.07) is 7.72. The Bertz CT molecular complexity index is 324. The van der Waals surface area contributed by atoms with Crippen molar-refractivity contribution in [3.8, 4) is 0 Å². The predicted molar refractivity (Wildman–Crippen MR) is 59.0 cm³/mol. The second-order valence-corrected chi connectivity index (χ2v) is 4.10. The Labute approximate surface area is 94.0 Å². The van der Waals surface area contributed by atoms with Crippen molar-refractivity contribution in [3.63, 3.8) is 0 Å². The van der Waals surface area contributed by atoms with Crippen molar-refractivity contribution < 1.29 is 9.84 Å². The molecular weight excluding hydrogens is 214 g/mol. The maximum Gasteiger partial charge on any atom is 0.0950 e. The molecule has 2 N–H and O–H groups in total. The highest BCUT2D eigenvalue weighted by Gasteiger charge is 2.21. The van der Waals surface area contributed by atoms with Crippen molar-refractivity contribution in [1.82, 2.24) is 5.32 Å². The van der Waals surface area contributed by atoms with E-state index in [0.29, 0.717) is 13.2 Å². The fourth-order valence-electron chi connectivity index (χ4n) is 1.66. The van der Waals surface area contributed by atoms with Crippen LogP contribution in [0.2, 0.25) is 5.02 Å². The Morgan fingerprint density at radius 2 is 2.40 bits per heavy atom. The summed E-state index contributed by atoms with van der Waals surface area (Å²) in [4.78, 5) is 0. The van der Waals surface area contributed by atoms with E-state index in [4.69, 9.17) is 21.4 Å². The van der Waals surface area contributed by atoms with Gasteiger partial charge in [-0.2, -0.15) is 0 Å². The molecule has 15 heavy (non-hydrogen) atoms. The number of hydrogen-bond acceptors (Lipinski definition) is 3. The third-order valence-corrected chi connectivity index (χ3v) is 2.77. The smallest absolute Gasteiger partial charge is 0.0950 e. The van der Waals surface area contributed by atoms with Crippen LogP contribution in [-0.2, 0) is 4.74 Å². The van der Waals surface area contributed by atoms with Crippen LogP contribution in [-0.4, -0.2) is 30.9 Å². The van der Waals surface area contributed by atoms with Gasteiger partial charge < -0.3 is 15.2 Å². The van der Waals surface area contributed by atoms with Gasteiger partial charge in [0.25, 0.3) is 0 Å². The molecule has 0 bridgehead atoms. The van der Waals surface area contributed by atoms with Gasteiger partial charge in [0.15, 0.2) is 0 Å². The molecule has 1 saturated heterocycles. The maximum atomic E-state index is 8.93. The van der Waals surface area contributed by atoms with Crippen LogP contribution in [0.1, 0.15) is 11.7 Å². The normalized spacial score (nSPS) is 26.5. The van der Waals surface area contributed by atoms with Gasteiger partial charge in [-0.15, -0.1) is 0 Å². The Hall–Kier alpha value is -0.610. The SMILES string of the molecule is OCC1COC(c2cccc(Cl)c2)CN1. The van der Waals surface area contributed by atoms with Gasteiger partial charge in [-0.1, -0.05) is 23.7 Å². The second-order valence-electron chi connectivity index (χ2n) is 3.66. The molecule has 0 aromatic heterocycles. The zero-order valence-corrected chi connectivity index (χ0v) is 9.07. The number of nitrogens with one attached hydrogen (secondary N) is 1. The fourth-order valence-corrected chi connectivity index (χ4v) is 1.86. The number of halogens is 1. The van der Waals surface area contributed by atoms with Crippen LogP contribution in [0.3, 0.4) is 0 Å². The maximum absolute atomic E-state index is 8.93. The first-order valence-electron chi connectivity index (χ1n) is 5.01. The third kappa shape index (κ3) is 2.69. The van der Waals surface area contributed by atoms with Gasteiger partial charge in [0.2, 0.25) is 0 Å². The molecule has 2 rings (SSSR count). The lowest BCUT2D eigenvalue weighted by atomic mass is 10.1. The highest BCUT2D eigenvalue weighted by Crippen LogP contribution is 2.22. The third-order valence-electron chi connectivity index (χ3n) is 2.53. The summed E-state index contributed by atoms with van der Waals surface area (Å²) in [7, 11) is 0. The molecule has 2 atom stereocenters. The van der Waals surface area contributed by atoms with Gasteiger partial charge in [-0.3, -0.25) is 0 Å². The first kappa shape index (κ1) is 10.9. The molecule has 1 aromatic carbocycles. The van der Waals surface area contributed by atoms with Crippen LogP contribution in [0.25, 0.3) is 0 Å². The van der Waals surface area contributed by atoms with Crippen LogP contribution in [0, 0.1) is 0 Å². The minimum Gasteiger partial charge on any atom is -0.395 e. The van der Waals surface area contributed by atoms with Crippen molar-refractivity contribution in [2.24, 2.45) is 0 Å². The van der Waals surface area contributed by atoms with E-state index in [-0.39, 0.29) is 18.8 Å². The molecule has 1 heterocycles. The number of morpholine rings is 1. The number of benzene rings is 1. The minimum atomic E-state index is 0.0338. The summed E-state index contributed by atoms with van der Waals surface area (Å²) in [5, 5.41) is 12.9. The first-order chi connectivity index (χ1) is 7.29. The van der Waals surface area contributed by atoms with Crippen molar-refractivity contribution in [2.45, 2.75) is 12.1 Å². The van der Waals surface area contributed by atoms with Crippen molar-refractivity contribution in [2.75, 3.05) is 19.8 Å². The van der Waals surface area contributed by atoms with Gasteiger partial charge in [0.05, 0.1) is 25.4 Å². The van der Waals surface area contributed by atoms with Gasteiger partial charge in [-0.05, 0) is 17.7 Å². The Morgan fingerprint density at radius 3 is 3.00 bits per heavy atom. The Kier molecular flexibility index (Phi) is 3.59. The molecule has 0 amide bonds. The van der Waals surface area contributed by atoms with Crippen LogP contribution >= 0.6 is 11.6 Å². The van der Waals surface area contributed by atoms with E-state index < -0.39 is 0 Å². The van der Waals surface area contributed by atoms with Gasteiger partial charge >= 0.3 is 0 Å². The number of hydrogen-bond donors (Lipinski definition) is 2. The standard InChI is InChI=1S/C11H14ClNO2/c12-9-3-1-2-8(4-9)11-5-13-10(6-14)7-15-11/h1-4,10-11,13-14H,5-7H2. The van der Waals surface area contributed by atoms with Crippen LogP contribution in [0.5, 0.6) is 0 Å². The predicted octanol–water partition coefficient (Wildman–Crippen LogP) is 1.36. The highest BCUT2D eigenvalue weighted by atomic mass is 35.5. The zero-order chi connectivity index (χ0) is 10.7. The monoisotopic (exact) mass is 227 g/mol. The summed E-state index contributed by atoms with van der Waals surface area (Å²) in [6.07, 6.45) is 0.0338. The van der Waals surface area contributed by atoms with E-state index in [9.17, 15) is 0 Å². The quantitative estimate of drug-likeness (QED) is 0.802. The first-order valence-corrected chi connectivity index (χ1v) is 5.38. The summed E-state index contributed by atoms with van der Waals surface area (Å²) in [6.45, 7) is 1.36. The number of aliphatic hydroxyl groups is 1. The van der Waals surface area contributed by atoms with Crippen LogP contribution < -0.4 is 5.32 Å². The van der Waals surface area contributed by atoms with Crippen LogP contribution in [0.15, 0.2) is 24.3 Å². The van der Waals surface area contributed by atoms with Gasteiger partial charge in [0, 0.05) is 11.6 Å². The Balaban J connectivity index is 2.01. The Morgan fingerprint density at radius 1 is 1.53 bits per heavy atom. The van der Waals surface area contributed by atoms with E-state index in [0.717, 1.165) is 10.6 Å². The molecule has 0 radical (unpaired) electrons. The fraction of sp³-hybridized carbons (Fsp3) is 0.455. The molecule has 0 spiro atoms. The van der Waals surface area contributed by atoms with Crippen molar-refractivity contribution >= 4 is 11.6 Å². The molecule has 1 fully saturated rings. The van der Waals surface area contributed by atoms with Crippen LogP contribution in [0.4, 0.5) is 0 Å². The molecule has 0 saturated carbocycles. The van der Waals surface area contributed by atoms with Gasteiger partial charge in [0.1, 0.15) is 0 Å². The minimum absolute atomic E-state index is 0.0338. The number of aliphatic hydroxyl groups excluding tert-OH is 1. The summed E-state index contributed by atoms with van der Waals surface area (Å²) < 4.78 is 5.64. The van der Waals surface area contributed by atoms with E-state index >= 15 is 0 Å². The molecule has 1 aliphatic rings. The molecule has 3 nitrogen and oxygen atoms in total. The van der Waals surface area contributed by atoms with Crippen molar-refractivity contribution in [1.29, 1.82) is 0 Å². The topological polar surface area (TPSA) is 41.5 Å². The zero-order valence-electron chi connectivity index (χ0n) is 8.32. The lowest BCUT2D eigenvalue weighted by Gasteiger charge is -2.29. The van der Waals surface area contributed by atoms with Crippen molar-refractivity contribution in [3.05, 3.63) is 34.9 Å². The number of rotatable bonds is 2. The molecule has 82 valence electrons. The van der Waals surface area contributed by atoms with Gasteiger partial charge in [-0.25, -0.2) is 0 Å². The molecule has 1 aromatic rings. The summed E-state index contributed by atoms with van der Waals surface area (Å²) in [5.41, 5.74) is 1.08. The summed E-state index contributed by atoms with van der Waals surface area (Å²) >= 11 is 5.90. The average molecular weight is 228 g/mol. The number of ether oxygens (including phenoxy) is 1. The van der Waals surface area contributed by atoms with E-state index in [2.05, 4.69) is 5.32 Å². The largest absolute Gasteiger partial charge is 0.395 e. The lowest BCUT2D eigenvalue weighted by molar-refractivity contribution is -0.00951. The molecule has 4 heteroatoms. The lowest BCUT2D eigenvalue weighted by Crippen LogP contribution is -2.44. The second kappa shape index (κ2) is 4.94. The molecular formula is C11H14ClNO2. The highest BCUT2D eigenvalue weighted by molar-refractivity contribution is 6.30. The van der Waals surface area contributed by atoms with E-state index in [1.54, 1.807) is 0 Å². The van der Waals surface area contributed by atoms with E-state index in [1.807, 2.05) is 24.3 Å². The van der Waals surface area contributed by atoms with E-state index in [1.165, 1.54) is 0 Å². The molecule has 1 aliphatic heterocycles. The summed E-state index contributed by atoms with van der Waals surface area (Å²) in [5.74, 6) is 0.